The Bertz CT molecular complexity index is 725. The molecule has 6 heteroatoms. The quantitative estimate of drug-likeness (QED) is 0.0954. The molecule has 0 aliphatic heterocycles. The van der Waals surface area contributed by atoms with Crippen molar-refractivity contribution in [3.8, 4) is 0 Å². The van der Waals surface area contributed by atoms with E-state index >= 15 is 0 Å². The average Bonchev–Trinajstić information content (AvgIpc) is 3.03. The number of hydrogen-bond donors (Lipinski definition) is 1. The maximum atomic E-state index is 13.0. The zero-order chi connectivity index (χ0) is 25.1. The number of ketones is 1. The number of allylic oxidation sites excluding steroid dienone is 4. The van der Waals surface area contributed by atoms with Gasteiger partial charge < -0.3 is 14.3 Å². The van der Waals surface area contributed by atoms with E-state index in [0.717, 1.165) is 12.8 Å². The van der Waals surface area contributed by atoms with E-state index in [1.165, 1.54) is 26.4 Å². The molecule has 0 aromatic rings. The first kappa shape index (κ1) is 29.4. The Kier molecular flexibility index (Phi) is 12.4. The van der Waals surface area contributed by atoms with Gasteiger partial charge in [0.2, 0.25) is 8.32 Å². The van der Waals surface area contributed by atoms with Crippen LogP contribution in [0.1, 0.15) is 85.5 Å². The van der Waals surface area contributed by atoms with Crippen molar-refractivity contribution < 1.29 is 23.9 Å². The number of methoxy groups -OCH3 is 1. The first-order valence-electron chi connectivity index (χ1n) is 12.6. The predicted molar refractivity (Wildman–Crippen MR) is 137 cm³/mol. The maximum absolute atomic E-state index is 13.0. The Morgan fingerprint density at radius 3 is 2.48 bits per heavy atom. The lowest BCUT2D eigenvalue weighted by Gasteiger charge is -2.38. The van der Waals surface area contributed by atoms with Crippen LogP contribution in [0, 0.1) is 11.8 Å². The minimum atomic E-state index is -2.11. The molecular formula is C27H46O5Si. The fraction of sp³-hybridized carbons (Fsp3) is 0.741. The third kappa shape index (κ3) is 9.27. The largest absolute Gasteiger partial charge is 0.546 e. The SMILES string of the molecule is CCCCCCC=CC1C(O[Si](C)(C)C(C)(C)C)=CC(=O)C1C(O)CCCCC(=C=O)OC. The molecule has 1 aliphatic rings. The molecule has 1 aliphatic carbocycles. The molecule has 0 radical (unpaired) electrons. The second kappa shape index (κ2) is 13.9. The summed E-state index contributed by atoms with van der Waals surface area (Å²) in [4.78, 5) is 23.7. The summed E-state index contributed by atoms with van der Waals surface area (Å²) >= 11 is 0. The third-order valence-electron chi connectivity index (χ3n) is 7.00. The van der Waals surface area contributed by atoms with Crippen LogP contribution in [0.15, 0.2) is 29.7 Å². The van der Waals surface area contributed by atoms with Crippen molar-refractivity contribution in [3.05, 3.63) is 29.7 Å². The van der Waals surface area contributed by atoms with Gasteiger partial charge in [0.05, 0.1) is 24.9 Å². The molecule has 0 spiro atoms. The van der Waals surface area contributed by atoms with Crippen molar-refractivity contribution in [2.45, 2.75) is 110 Å². The van der Waals surface area contributed by atoms with E-state index in [0.29, 0.717) is 31.4 Å². The molecule has 5 nitrogen and oxygen atoms in total. The van der Waals surface area contributed by atoms with Crippen LogP contribution in [0.25, 0.3) is 0 Å². The molecule has 0 heterocycles. The zero-order valence-corrected chi connectivity index (χ0v) is 22.9. The summed E-state index contributed by atoms with van der Waals surface area (Å²) in [6, 6.07) is 0. The second-order valence-electron chi connectivity index (χ2n) is 10.7. The van der Waals surface area contributed by atoms with Gasteiger partial charge >= 0.3 is 0 Å². The molecule has 0 aromatic carbocycles. The van der Waals surface area contributed by atoms with Gasteiger partial charge in [-0.05, 0) is 43.8 Å². The number of aliphatic hydroxyl groups excluding tert-OH is 1. The van der Waals surface area contributed by atoms with Gasteiger partial charge in [-0.2, -0.15) is 0 Å². The van der Waals surface area contributed by atoms with Crippen LogP contribution in [-0.2, 0) is 18.8 Å². The zero-order valence-electron chi connectivity index (χ0n) is 21.9. The molecule has 1 rings (SSSR count). The number of hydrogen-bond acceptors (Lipinski definition) is 5. The van der Waals surface area contributed by atoms with E-state index in [2.05, 4.69) is 52.9 Å². The van der Waals surface area contributed by atoms with Gasteiger partial charge in [-0.25, -0.2) is 4.79 Å². The van der Waals surface area contributed by atoms with E-state index in [1.807, 2.05) is 0 Å². The number of carbonyl (C=O) groups is 1. The number of carbonyl (C=O) groups excluding carboxylic acids is 2. The first-order chi connectivity index (χ1) is 15.5. The Balaban J connectivity index is 2.91. The predicted octanol–water partition coefficient (Wildman–Crippen LogP) is 6.52. The van der Waals surface area contributed by atoms with Gasteiger partial charge in [0.25, 0.3) is 0 Å². The summed E-state index contributed by atoms with van der Waals surface area (Å²) in [7, 11) is -0.653. The molecule has 0 fully saturated rings. The highest BCUT2D eigenvalue weighted by Crippen LogP contribution is 2.43. The second-order valence-corrected chi connectivity index (χ2v) is 15.4. The van der Waals surface area contributed by atoms with Crippen LogP contribution < -0.4 is 0 Å². The standard InChI is InChI=1S/C27H46O5Si/c1-8-9-10-11-12-13-17-22-25(32-33(6,7)27(2,3)4)19-24(30)26(22)23(29)18-15-14-16-21(20-28)31-5/h13,17,19,22-23,26,29H,8-12,14-16,18H2,1-7H3. The van der Waals surface area contributed by atoms with E-state index in [4.69, 9.17) is 9.16 Å². The minimum absolute atomic E-state index is 0.0210. The van der Waals surface area contributed by atoms with Crippen molar-refractivity contribution in [2.75, 3.05) is 7.11 Å². The van der Waals surface area contributed by atoms with Gasteiger partial charge in [0.15, 0.2) is 17.5 Å². The van der Waals surface area contributed by atoms with Crippen molar-refractivity contribution in [2.24, 2.45) is 11.8 Å². The van der Waals surface area contributed by atoms with Crippen LogP contribution in [0.2, 0.25) is 18.1 Å². The highest BCUT2D eigenvalue weighted by molar-refractivity contribution is 6.74. The van der Waals surface area contributed by atoms with E-state index < -0.39 is 20.3 Å². The molecular weight excluding hydrogens is 432 g/mol. The molecule has 0 bridgehead atoms. The van der Waals surface area contributed by atoms with Gasteiger partial charge in [0.1, 0.15) is 0 Å². The highest BCUT2D eigenvalue weighted by atomic mass is 28.4. The van der Waals surface area contributed by atoms with Crippen LogP contribution in [0.5, 0.6) is 0 Å². The number of unbranched alkanes of at least 4 members (excludes halogenated alkanes) is 5. The smallest absolute Gasteiger partial charge is 0.250 e. The molecule has 33 heavy (non-hydrogen) atoms. The van der Waals surface area contributed by atoms with Crippen LogP contribution in [0.3, 0.4) is 0 Å². The van der Waals surface area contributed by atoms with Crippen LogP contribution in [-0.4, -0.2) is 38.4 Å². The summed E-state index contributed by atoms with van der Waals surface area (Å²) in [5, 5.41) is 11.0. The van der Waals surface area contributed by atoms with Crippen molar-refractivity contribution >= 4 is 20.0 Å². The van der Waals surface area contributed by atoms with E-state index in [9.17, 15) is 14.7 Å². The van der Waals surface area contributed by atoms with Gasteiger partial charge in [-0.3, -0.25) is 4.79 Å². The molecule has 3 unspecified atom stereocenters. The van der Waals surface area contributed by atoms with E-state index in [1.54, 1.807) is 12.0 Å². The molecule has 0 aromatic heterocycles. The minimum Gasteiger partial charge on any atom is -0.546 e. The van der Waals surface area contributed by atoms with Crippen molar-refractivity contribution in [1.82, 2.24) is 0 Å². The lowest BCUT2D eigenvalue weighted by molar-refractivity contribution is -0.121. The molecule has 188 valence electrons. The van der Waals surface area contributed by atoms with Gasteiger partial charge in [-0.15, -0.1) is 0 Å². The summed E-state index contributed by atoms with van der Waals surface area (Å²) in [5.74, 6) is 2.00. The van der Waals surface area contributed by atoms with Gasteiger partial charge in [-0.1, -0.05) is 65.5 Å². The highest BCUT2D eigenvalue weighted by Gasteiger charge is 2.45. The summed E-state index contributed by atoms with van der Waals surface area (Å²) in [6.07, 6.45) is 13.2. The number of ether oxygens (including phenoxy) is 1. The van der Waals surface area contributed by atoms with E-state index in [-0.39, 0.29) is 22.5 Å². The maximum Gasteiger partial charge on any atom is 0.250 e. The fourth-order valence-corrected chi connectivity index (χ4v) is 4.91. The fourth-order valence-electron chi connectivity index (χ4n) is 3.82. The van der Waals surface area contributed by atoms with Crippen LogP contribution >= 0.6 is 0 Å². The third-order valence-corrected chi connectivity index (χ3v) is 11.4. The monoisotopic (exact) mass is 478 g/mol. The Morgan fingerprint density at radius 2 is 1.91 bits per heavy atom. The number of aliphatic hydroxyl groups is 1. The lowest BCUT2D eigenvalue weighted by atomic mass is 9.85. The Labute approximate surface area is 202 Å². The lowest BCUT2D eigenvalue weighted by Crippen LogP contribution is -2.41. The normalized spacial score (nSPS) is 20.0. The summed E-state index contributed by atoms with van der Waals surface area (Å²) in [6.45, 7) is 13.1. The molecule has 0 saturated heterocycles. The molecule has 0 saturated carbocycles. The number of rotatable bonds is 15. The average molecular weight is 479 g/mol. The van der Waals surface area contributed by atoms with Crippen LogP contribution in [0.4, 0.5) is 0 Å². The van der Waals surface area contributed by atoms with Crippen molar-refractivity contribution in [3.63, 3.8) is 0 Å². The van der Waals surface area contributed by atoms with Gasteiger partial charge in [0, 0.05) is 18.4 Å². The topological polar surface area (TPSA) is 72.8 Å². The summed E-state index contributed by atoms with van der Waals surface area (Å²) in [5.41, 5.74) is 0. The molecule has 3 atom stereocenters. The molecule has 1 N–H and O–H groups in total. The Morgan fingerprint density at radius 1 is 1.21 bits per heavy atom. The Hall–Kier alpha value is -1.62. The molecule has 0 amide bonds. The van der Waals surface area contributed by atoms with Crippen molar-refractivity contribution in [1.29, 1.82) is 0 Å². The summed E-state index contributed by atoms with van der Waals surface area (Å²) < 4.78 is 11.5. The first-order valence-corrected chi connectivity index (χ1v) is 15.5.